The maximum absolute atomic E-state index is 12.5. The number of carbonyl (C=O) groups excluding carboxylic acids is 3. The molecule has 0 spiro atoms. The summed E-state index contributed by atoms with van der Waals surface area (Å²) >= 11 is 19.3. The molecule has 2 rings (SSSR count). The molecule has 30 heavy (non-hydrogen) atoms. The Labute approximate surface area is 194 Å². The van der Waals surface area contributed by atoms with E-state index >= 15 is 0 Å². The second kappa shape index (κ2) is 12.1. The SMILES string of the molecule is CSCCC(NC(=O)c1ccc(Cl)cc1Cl)C(=O)NNC(=O)Cc1ccc(Cl)cc1. The minimum atomic E-state index is -0.854. The third-order valence-corrected chi connectivity index (χ3v) is 5.46. The van der Waals surface area contributed by atoms with Gasteiger partial charge in [-0.25, -0.2) is 0 Å². The zero-order chi connectivity index (χ0) is 22.1. The fourth-order valence-corrected chi connectivity index (χ4v) is 3.56. The molecule has 2 aromatic carbocycles. The minimum Gasteiger partial charge on any atom is -0.340 e. The maximum atomic E-state index is 12.5. The predicted octanol–water partition coefficient (Wildman–Crippen LogP) is 3.89. The Balaban J connectivity index is 1.95. The van der Waals surface area contributed by atoms with Crippen LogP contribution in [0.25, 0.3) is 0 Å². The summed E-state index contributed by atoms with van der Waals surface area (Å²) in [6.45, 7) is 0. The van der Waals surface area contributed by atoms with Crippen LogP contribution < -0.4 is 16.2 Å². The Morgan fingerprint density at radius 3 is 2.27 bits per heavy atom. The smallest absolute Gasteiger partial charge is 0.260 e. The lowest BCUT2D eigenvalue weighted by atomic mass is 10.1. The molecule has 0 saturated heterocycles. The number of halogens is 3. The van der Waals surface area contributed by atoms with Gasteiger partial charge < -0.3 is 5.32 Å². The van der Waals surface area contributed by atoms with Crippen molar-refractivity contribution in [3.8, 4) is 0 Å². The van der Waals surface area contributed by atoms with Crippen molar-refractivity contribution in [2.75, 3.05) is 12.0 Å². The van der Waals surface area contributed by atoms with Crippen LogP contribution >= 0.6 is 46.6 Å². The summed E-state index contributed by atoms with van der Waals surface area (Å²) in [4.78, 5) is 37.2. The average Bonchev–Trinajstić information content (AvgIpc) is 2.70. The Kier molecular flexibility index (Phi) is 9.78. The lowest BCUT2D eigenvalue weighted by molar-refractivity contribution is -0.129. The summed E-state index contributed by atoms with van der Waals surface area (Å²) in [5.41, 5.74) is 5.67. The van der Waals surface area contributed by atoms with Gasteiger partial charge in [-0.2, -0.15) is 11.8 Å². The number of thioether (sulfide) groups is 1. The molecular weight excluding hydrogens is 469 g/mol. The molecule has 0 aliphatic heterocycles. The molecule has 0 aliphatic carbocycles. The van der Waals surface area contributed by atoms with Crippen LogP contribution in [0.5, 0.6) is 0 Å². The van der Waals surface area contributed by atoms with Gasteiger partial charge in [-0.15, -0.1) is 0 Å². The Bertz CT molecular complexity index is 910. The average molecular weight is 489 g/mol. The normalized spacial score (nSPS) is 11.5. The van der Waals surface area contributed by atoms with Crippen LogP contribution in [0.1, 0.15) is 22.3 Å². The van der Waals surface area contributed by atoms with Crippen molar-refractivity contribution in [3.63, 3.8) is 0 Å². The number of carbonyl (C=O) groups is 3. The summed E-state index contributed by atoms with van der Waals surface area (Å²) in [6, 6.07) is 10.4. The highest BCUT2D eigenvalue weighted by molar-refractivity contribution is 7.98. The first-order chi connectivity index (χ1) is 14.3. The maximum Gasteiger partial charge on any atom is 0.260 e. The van der Waals surface area contributed by atoms with Crippen molar-refractivity contribution < 1.29 is 14.4 Å². The predicted molar refractivity (Wildman–Crippen MR) is 122 cm³/mol. The monoisotopic (exact) mass is 487 g/mol. The van der Waals surface area contributed by atoms with Gasteiger partial charge in [0.2, 0.25) is 5.91 Å². The van der Waals surface area contributed by atoms with Gasteiger partial charge in [-0.1, -0.05) is 46.9 Å². The van der Waals surface area contributed by atoms with Crippen molar-refractivity contribution >= 4 is 64.3 Å². The fourth-order valence-electron chi connectivity index (χ4n) is 2.46. The second-order valence-corrected chi connectivity index (χ2v) is 8.54. The Morgan fingerprint density at radius 2 is 1.63 bits per heavy atom. The summed E-state index contributed by atoms with van der Waals surface area (Å²) in [5.74, 6) is -0.815. The van der Waals surface area contributed by atoms with Gasteiger partial charge in [0.05, 0.1) is 17.0 Å². The number of hydrogen-bond donors (Lipinski definition) is 3. The van der Waals surface area contributed by atoms with E-state index in [2.05, 4.69) is 16.2 Å². The van der Waals surface area contributed by atoms with E-state index in [1.54, 1.807) is 24.3 Å². The highest BCUT2D eigenvalue weighted by Gasteiger charge is 2.22. The minimum absolute atomic E-state index is 0.0691. The number of nitrogens with one attached hydrogen (secondary N) is 3. The molecule has 10 heteroatoms. The molecule has 0 aromatic heterocycles. The molecule has 0 bridgehead atoms. The first-order valence-electron chi connectivity index (χ1n) is 8.88. The van der Waals surface area contributed by atoms with E-state index in [0.717, 1.165) is 5.56 Å². The van der Waals surface area contributed by atoms with Crippen LogP contribution in [0.2, 0.25) is 15.1 Å². The molecule has 3 N–H and O–H groups in total. The number of hydrazine groups is 1. The Hall–Kier alpha value is -1.93. The molecule has 3 amide bonds. The third kappa shape index (κ3) is 7.72. The summed E-state index contributed by atoms with van der Waals surface area (Å²) < 4.78 is 0. The van der Waals surface area contributed by atoms with Crippen LogP contribution in [0.15, 0.2) is 42.5 Å². The molecule has 0 radical (unpaired) electrons. The molecule has 0 fully saturated rings. The molecule has 6 nitrogen and oxygen atoms in total. The summed E-state index contributed by atoms with van der Waals surface area (Å²) in [7, 11) is 0. The highest BCUT2D eigenvalue weighted by atomic mass is 35.5. The lowest BCUT2D eigenvalue weighted by Gasteiger charge is -2.19. The number of amides is 3. The molecule has 0 heterocycles. The van der Waals surface area contributed by atoms with E-state index in [-0.39, 0.29) is 17.0 Å². The van der Waals surface area contributed by atoms with E-state index in [0.29, 0.717) is 22.2 Å². The topological polar surface area (TPSA) is 87.3 Å². The molecule has 2 aromatic rings. The van der Waals surface area contributed by atoms with E-state index in [9.17, 15) is 14.4 Å². The van der Waals surface area contributed by atoms with E-state index in [4.69, 9.17) is 34.8 Å². The van der Waals surface area contributed by atoms with Crippen LogP contribution in [-0.2, 0) is 16.0 Å². The third-order valence-electron chi connectivity index (χ3n) is 4.01. The van der Waals surface area contributed by atoms with Crippen LogP contribution in [0.4, 0.5) is 0 Å². The number of benzene rings is 2. The van der Waals surface area contributed by atoms with Crippen molar-refractivity contribution in [1.82, 2.24) is 16.2 Å². The Morgan fingerprint density at radius 1 is 0.967 bits per heavy atom. The first kappa shape index (κ1) is 24.3. The molecule has 1 atom stereocenters. The molecule has 0 aliphatic rings. The second-order valence-electron chi connectivity index (χ2n) is 6.27. The molecule has 1 unspecified atom stereocenters. The van der Waals surface area contributed by atoms with Gasteiger partial charge >= 0.3 is 0 Å². The van der Waals surface area contributed by atoms with Gasteiger partial charge in [-0.3, -0.25) is 25.2 Å². The van der Waals surface area contributed by atoms with Gasteiger partial charge in [0.25, 0.3) is 11.8 Å². The first-order valence-corrected chi connectivity index (χ1v) is 11.4. The van der Waals surface area contributed by atoms with Crippen molar-refractivity contribution in [1.29, 1.82) is 0 Å². The zero-order valence-electron chi connectivity index (χ0n) is 16.0. The highest BCUT2D eigenvalue weighted by Crippen LogP contribution is 2.21. The zero-order valence-corrected chi connectivity index (χ0v) is 19.1. The molecular formula is C20H20Cl3N3O3S. The van der Waals surface area contributed by atoms with Crippen molar-refractivity contribution in [2.24, 2.45) is 0 Å². The number of hydrogen-bond acceptors (Lipinski definition) is 4. The standard InChI is InChI=1S/C20H20Cl3N3O3S/c1-30-9-8-17(24-19(28)15-7-6-14(22)11-16(15)23)20(29)26-25-18(27)10-12-2-4-13(21)5-3-12/h2-7,11,17H,8-10H2,1H3,(H,24,28)(H,25,27)(H,26,29). The van der Waals surface area contributed by atoms with Crippen molar-refractivity contribution in [3.05, 3.63) is 68.7 Å². The van der Waals surface area contributed by atoms with Gasteiger partial charge in [0.1, 0.15) is 6.04 Å². The van der Waals surface area contributed by atoms with E-state index in [1.165, 1.54) is 30.0 Å². The quantitative estimate of drug-likeness (QED) is 0.492. The van der Waals surface area contributed by atoms with Crippen LogP contribution in [-0.4, -0.2) is 35.8 Å². The van der Waals surface area contributed by atoms with Crippen LogP contribution in [0.3, 0.4) is 0 Å². The van der Waals surface area contributed by atoms with E-state index in [1.807, 2.05) is 6.26 Å². The molecule has 0 saturated carbocycles. The number of rotatable bonds is 8. The van der Waals surface area contributed by atoms with Gasteiger partial charge in [-0.05, 0) is 54.3 Å². The van der Waals surface area contributed by atoms with Gasteiger partial charge in [0.15, 0.2) is 0 Å². The largest absolute Gasteiger partial charge is 0.340 e. The fraction of sp³-hybridized carbons (Fsp3) is 0.250. The van der Waals surface area contributed by atoms with Crippen LogP contribution in [0, 0.1) is 0 Å². The van der Waals surface area contributed by atoms with E-state index < -0.39 is 23.8 Å². The lowest BCUT2D eigenvalue weighted by Crippen LogP contribution is -2.52. The van der Waals surface area contributed by atoms with Crippen molar-refractivity contribution in [2.45, 2.75) is 18.9 Å². The summed E-state index contributed by atoms with van der Waals surface area (Å²) in [5, 5.41) is 3.80. The molecule has 160 valence electrons. The van der Waals surface area contributed by atoms with Gasteiger partial charge in [0, 0.05) is 10.0 Å². The summed E-state index contributed by atoms with van der Waals surface area (Å²) in [6.07, 6.45) is 2.33.